The molecule has 0 atom stereocenters. The van der Waals surface area contributed by atoms with E-state index in [-0.39, 0.29) is 10.7 Å². The van der Waals surface area contributed by atoms with Gasteiger partial charge in [0.05, 0.1) is 4.90 Å². The molecule has 0 saturated heterocycles. The lowest BCUT2D eigenvalue weighted by atomic mass is 10.2. The van der Waals surface area contributed by atoms with Gasteiger partial charge in [-0.25, -0.2) is 8.42 Å². The predicted octanol–water partition coefficient (Wildman–Crippen LogP) is 3.40. The Balaban J connectivity index is 1.70. The van der Waals surface area contributed by atoms with Crippen molar-refractivity contribution in [1.82, 2.24) is 10.2 Å². The Bertz CT molecular complexity index is 1020. The molecule has 0 radical (unpaired) electrons. The number of anilines is 4. The molecule has 0 aliphatic carbocycles. The van der Waals surface area contributed by atoms with E-state index in [0.717, 1.165) is 16.9 Å². The van der Waals surface area contributed by atoms with E-state index in [4.69, 9.17) is 0 Å². The van der Waals surface area contributed by atoms with Crippen LogP contribution in [0.5, 0.6) is 0 Å². The summed E-state index contributed by atoms with van der Waals surface area (Å²) in [6.45, 7) is 1.84. The van der Waals surface area contributed by atoms with Crippen molar-refractivity contribution in [2.75, 3.05) is 29.0 Å². The maximum absolute atomic E-state index is 12.4. The number of sulfonamides is 1. The van der Waals surface area contributed by atoms with Crippen molar-refractivity contribution in [1.29, 1.82) is 0 Å². The van der Waals surface area contributed by atoms with Gasteiger partial charge in [-0.3, -0.25) is 4.72 Å². The molecule has 0 aliphatic rings. The van der Waals surface area contributed by atoms with E-state index in [1.807, 2.05) is 56.3 Å². The van der Waals surface area contributed by atoms with Gasteiger partial charge in [-0.05, 0) is 61.0 Å². The summed E-state index contributed by atoms with van der Waals surface area (Å²) in [5.41, 5.74) is 2.82. The molecule has 140 valence electrons. The maximum Gasteiger partial charge on any atom is 0.263 e. The minimum absolute atomic E-state index is 0.157. The summed E-state index contributed by atoms with van der Waals surface area (Å²) in [6.07, 6.45) is 0. The third-order valence-corrected chi connectivity index (χ3v) is 5.21. The Labute approximate surface area is 159 Å². The average molecular weight is 383 g/mol. The zero-order valence-corrected chi connectivity index (χ0v) is 16.2. The van der Waals surface area contributed by atoms with Crippen molar-refractivity contribution in [2.45, 2.75) is 11.8 Å². The number of rotatable bonds is 6. The van der Waals surface area contributed by atoms with Gasteiger partial charge in [0.15, 0.2) is 11.6 Å². The minimum Gasteiger partial charge on any atom is -0.378 e. The molecule has 1 heterocycles. The number of nitrogens with zero attached hydrogens (tertiary/aromatic N) is 3. The van der Waals surface area contributed by atoms with Crippen LogP contribution in [-0.2, 0) is 10.0 Å². The molecular formula is C19H21N5O2S. The molecule has 0 fully saturated rings. The van der Waals surface area contributed by atoms with Crippen LogP contribution in [0.2, 0.25) is 0 Å². The molecule has 0 unspecified atom stereocenters. The van der Waals surface area contributed by atoms with Crippen molar-refractivity contribution in [3.05, 3.63) is 66.2 Å². The summed E-state index contributed by atoms with van der Waals surface area (Å²) in [4.78, 5) is 2.20. The third-order valence-electron chi connectivity index (χ3n) is 3.86. The molecule has 8 heteroatoms. The van der Waals surface area contributed by atoms with Crippen LogP contribution in [0.15, 0.2) is 65.6 Å². The monoisotopic (exact) mass is 383 g/mol. The highest BCUT2D eigenvalue weighted by Crippen LogP contribution is 2.20. The van der Waals surface area contributed by atoms with Gasteiger partial charge in [0.25, 0.3) is 10.0 Å². The van der Waals surface area contributed by atoms with Gasteiger partial charge in [-0.15, -0.1) is 10.2 Å². The lowest BCUT2D eigenvalue weighted by Crippen LogP contribution is -2.14. The fourth-order valence-electron chi connectivity index (χ4n) is 2.42. The van der Waals surface area contributed by atoms with Crippen LogP contribution in [0.1, 0.15) is 5.56 Å². The Hall–Kier alpha value is -3.13. The number of aromatic nitrogens is 2. The maximum atomic E-state index is 12.4. The summed E-state index contributed by atoms with van der Waals surface area (Å²) in [5.74, 6) is 0.677. The summed E-state index contributed by atoms with van der Waals surface area (Å²) in [5, 5.41) is 11.1. The Morgan fingerprint density at radius 3 is 2.15 bits per heavy atom. The molecule has 1 aromatic heterocycles. The molecule has 0 spiro atoms. The zero-order chi connectivity index (χ0) is 19.4. The lowest BCUT2D eigenvalue weighted by molar-refractivity contribution is 0.601. The number of benzene rings is 2. The van der Waals surface area contributed by atoms with Crippen molar-refractivity contribution in [2.24, 2.45) is 0 Å². The van der Waals surface area contributed by atoms with E-state index < -0.39 is 10.0 Å². The van der Waals surface area contributed by atoms with Gasteiger partial charge >= 0.3 is 0 Å². The third kappa shape index (κ3) is 4.73. The molecule has 0 aliphatic heterocycles. The van der Waals surface area contributed by atoms with Crippen LogP contribution < -0.4 is 14.9 Å². The summed E-state index contributed by atoms with van der Waals surface area (Å²) >= 11 is 0. The van der Waals surface area contributed by atoms with Crippen LogP contribution >= 0.6 is 0 Å². The zero-order valence-electron chi connectivity index (χ0n) is 15.3. The smallest absolute Gasteiger partial charge is 0.263 e. The van der Waals surface area contributed by atoms with E-state index in [1.165, 1.54) is 6.07 Å². The summed E-state index contributed by atoms with van der Waals surface area (Å²) in [6, 6.07) is 17.8. The average Bonchev–Trinajstić information content (AvgIpc) is 2.63. The number of hydrogen-bond donors (Lipinski definition) is 2. The fraction of sp³-hybridized carbons (Fsp3) is 0.158. The summed E-state index contributed by atoms with van der Waals surface area (Å²) < 4.78 is 27.3. The van der Waals surface area contributed by atoms with Crippen LogP contribution in [-0.4, -0.2) is 32.7 Å². The van der Waals surface area contributed by atoms with Crippen molar-refractivity contribution in [3.63, 3.8) is 0 Å². The quantitative estimate of drug-likeness (QED) is 0.678. The van der Waals surface area contributed by atoms with Gasteiger partial charge in [0.1, 0.15) is 0 Å². The molecular weight excluding hydrogens is 362 g/mol. The first-order valence-electron chi connectivity index (χ1n) is 8.31. The molecule has 3 rings (SSSR count). The minimum atomic E-state index is -3.70. The highest BCUT2D eigenvalue weighted by Gasteiger charge is 2.15. The normalized spacial score (nSPS) is 11.1. The van der Waals surface area contributed by atoms with E-state index >= 15 is 0 Å². The Morgan fingerprint density at radius 1 is 0.889 bits per heavy atom. The van der Waals surface area contributed by atoms with Crippen molar-refractivity contribution >= 4 is 33.0 Å². The molecule has 27 heavy (non-hydrogen) atoms. The van der Waals surface area contributed by atoms with E-state index in [2.05, 4.69) is 20.2 Å². The second-order valence-corrected chi connectivity index (χ2v) is 7.97. The van der Waals surface area contributed by atoms with Crippen LogP contribution in [0.25, 0.3) is 0 Å². The van der Waals surface area contributed by atoms with Crippen LogP contribution in [0.4, 0.5) is 23.0 Å². The standard InChI is InChI=1S/C19H21N5O2S/c1-14-5-4-6-17(13-14)27(25,26)23-19-12-11-18(21-22-19)20-15-7-9-16(10-8-15)24(2)3/h4-13H,1-3H3,(H,20,21)(H,22,23). The first-order chi connectivity index (χ1) is 12.8. The molecule has 2 aromatic carbocycles. The largest absolute Gasteiger partial charge is 0.378 e. The van der Waals surface area contributed by atoms with Crippen molar-refractivity contribution in [3.8, 4) is 0 Å². The van der Waals surface area contributed by atoms with E-state index in [0.29, 0.717) is 5.82 Å². The first-order valence-corrected chi connectivity index (χ1v) is 9.79. The molecule has 3 aromatic rings. The second kappa shape index (κ2) is 7.63. The van der Waals surface area contributed by atoms with Crippen molar-refractivity contribution < 1.29 is 8.42 Å². The first kappa shape index (κ1) is 18.7. The van der Waals surface area contributed by atoms with E-state index in [1.54, 1.807) is 24.3 Å². The van der Waals surface area contributed by atoms with E-state index in [9.17, 15) is 8.42 Å². The topological polar surface area (TPSA) is 87.2 Å². The molecule has 0 bridgehead atoms. The molecule has 2 N–H and O–H groups in total. The molecule has 0 amide bonds. The van der Waals surface area contributed by atoms with Gasteiger partial charge in [0.2, 0.25) is 0 Å². The van der Waals surface area contributed by atoms with Gasteiger partial charge in [-0.2, -0.15) is 0 Å². The highest BCUT2D eigenvalue weighted by atomic mass is 32.2. The number of hydrogen-bond acceptors (Lipinski definition) is 6. The molecule has 7 nitrogen and oxygen atoms in total. The Morgan fingerprint density at radius 2 is 1.56 bits per heavy atom. The predicted molar refractivity (Wildman–Crippen MR) is 108 cm³/mol. The number of nitrogens with one attached hydrogen (secondary N) is 2. The summed E-state index contributed by atoms with van der Waals surface area (Å²) in [7, 11) is 0.255. The Kier molecular flexibility index (Phi) is 5.27. The van der Waals surface area contributed by atoms with Crippen LogP contribution in [0, 0.1) is 6.92 Å². The second-order valence-electron chi connectivity index (χ2n) is 6.29. The van der Waals surface area contributed by atoms with Crippen LogP contribution in [0.3, 0.4) is 0 Å². The van der Waals surface area contributed by atoms with Gasteiger partial charge < -0.3 is 10.2 Å². The molecule has 0 saturated carbocycles. The fourth-order valence-corrected chi connectivity index (χ4v) is 3.52. The number of aryl methyl sites for hydroxylation is 1. The lowest BCUT2D eigenvalue weighted by Gasteiger charge is -2.13. The van der Waals surface area contributed by atoms with Gasteiger partial charge in [-0.1, -0.05) is 12.1 Å². The van der Waals surface area contributed by atoms with Gasteiger partial charge in [0, 0.05) is 25.5 Å². The highest BCUT2D eigenvalue weighted by molar-refractivity contribution is 7.92. The SMILES string of the molecule is Cc1cccc(S(=O)(=O)Nc2ccc(Nc3ccc(N(C)C)cc3)nn2)c1.